The summed E-state index contributed by atoms with van der Waals surface area (Å²) in [4.78, 5) is 39.3. The first-order valence-electron chi connectivity index (χ1n) is 13.4. The third-order valence-corrected chi connectivity index (χ3v) is 7.29. The molecule has 1 saturated carbocycles. The zero-order valence-corrected chi connectivity index (χ0v) is 23.3. The maximum absolute atomic E-state index is 13.0. The molecule has 2 fully saturated rings. The van der Waals surface area contributed by atoms with E-state index in [1.165, 1.54) is 6.07 Å². The molecule has 0 bridgehead atoms. The highest BCUT2D eigenvalue weighted by atomic mass is 35.5. The Labute approximate surface area is 241 Å². The summed E-state index contributed by atoms with van der Waals surface area (Å²) < 4.78 is 13.0. The third kappa shape index (κ3) is 7.20. The van der Waals surface area contributed by atoms with E-state index in [0.717, 1.165) is 32.1 Å². The Morgan fingerprint density at radius 1 is 1.15 bits per heavy atom. The van der Waals surface area contributed by atoms with Crippen LogP contribution in [0.2, 0.25) is 5.02 Å². The van der Waals surface area contributed by atoms with E-state index in [0.29, 0.717) is 40.3 Å². The van der Waals surface area contributed by atoms with Crippen LogP contribution in [0.1, 0.15) is 54.6 Å². The van der Waals surface area contributed by atoms with Gasteiger partial charge in [0.1, 0.15) is 0 Å². The molecule has 0 spiro atoms. The van der Waals surface area contributed by atoms with Crippen molar-refractivity contribution in [2.24, 2.45) is 0 Å². The van der Waals surface area contributed by atoms with Crippen LogP contribution < -0.4 is 15.5 Å². The first-order chi connectivity index (χ1) is 19.8. The van der Waals surface area contributed by atoms with E-state index in [9.17, 15) is 19.5 Å². The summed E-state index contributed by atoms with van der Waals surface area (Å²) in [6, 6.07) is 10.1. The summed E-state index contributed by atoms with van der Waals surface area (Å²) in [5, 5.41) is 22.7. The number of amides is 2. The van der Waals surface area contributed by atoms with Crippen molar-refractivity contribution >= 4 is 46.4 Å². The fourth-order valence-corrected chi connectivity index (χ4v) is 4.96. The van der Waals surface area contributed by atoms with Crippen LogP contribution in [0.3, 0.4) is 0 Å². The molecule has 1 aliphatic heterocycles. The number of ketones is 1. The molecule has 13 heteroatoms. The Morgan fingerprint density at radius 3 is 2.68 bits per heavy atom. The smallest absolute Gasteiger partial charge is 0.409 e. The van der Waals surface area contributed by atoms with Gasteiger partial charge in [0.15, 0.2) is 12.1 Å². The van der Waals surface area contributed by atoms with Crippen LogP contribution >= 0.6 is 11.6 Å². The van der Waals surface area contributed by atoms with E-state index in [-0.39, 0.29) is 24.3 Å². The molecular weight excluding hydrogens is 552 g/mol. The van der Waals surface area contributed by atoms with E-state index in [4.69, 9.17) is 21.1 Å². The molecule has 0 radical (unpaired) electrons. The second-order valence-corrected chi connectivity index (χ2v) is 10.5. The van der Waals surface area contributed by atoms with Crippen molar-refractivity contribution in [1.82, 2.24) is 15.0 Å². The fraction of sp³-hybridized carbons (Fsp3) is 0.393. The molecule has 1 saturated heterocycles. The fourth-order valence-electron chi connectivity index (χ4n) is 4.66. The lowest BCUT2D eigenvalue weighted by Crippen LogP contribution is -2.22. The minimum Gasteiger partial charge on any atom is -0.465 e. The highest BCUT2D eigenvalue weighted by molar-refractivity contribution is 6.34. The van der Waals surface area contributed by atoms with Crippen molar-refractivity contribution < 1.29 is 29.0 Å². The molecule has 5 rings (SSSR count). The van der Waals surface area contributed by atoms with E-state index in [1.807, 2.05) is 11.9 Å². The van der Waals surface area contributed by atoms with Crippen LogP contribution in [-0.4, -0.2) is 63.9 Å². The van der Waals surface area contributed by atoms with Crippen LogP contribution in [-0.2, 0) is 20.9 Å². The van der Waals surface area contributed by atoms with Crippen molar-refractivity contribution in [3.63, 3.8) is 0 Å². The predicted molar refractivity (Wildman–Crippen MR) is 152 cm³/mol. The van der Waals surface area contributed by atoms with Gasteiger partial charge in [0, 0.05) is 25.3 Å². The Morgan fingerprint density at radius 2 is 1.95 bits per heavy atom. The zero-order chi connectivity index (χ0) is 28.9. The molecule has 2 heterocycles. The van der Waals surface area contributed by atoms with Crippen LogP contribution in [0.4, 0.5) is 21.9 Å². The lowest BCUT2D eigenvalue weighted by Gasteiger charge is -2.22. The average Bonchev–Trinajstić information content (AvgIpc) is 3.70. The number of hydrogen-bond donors (Lipinski definition) is 3. The number of carbonyl (C=O) groups is 3. The van der Waals surface area contributed by atoms with Gasteiger partial charge < -0.3 is 24.8 Å². The molecule has 2 aromatic carbocycles. The number of halogens is 1. The largest absolute Gasteiger partial charge is 0.465 e. The Bertz CT molecular complexity index is 1440. The van der Waals surface area contributed by atoms with Crippen LogP contribution in [0.5, 0.6) is 0 Å². The molecule has 1 unspecified atom stereocenters. The summed E-state index contributed by atoms with van der Waals surface area (Å²) in [7, 11) is 1.88. The van der Waals surface area contributed by atoms with Crippen molar-refractivity contribution in [2.75, 3.05) is 29.2 Å². The van der Waals surface area contributed by atoms with Gasteiger partial charge in [-0.1, -0.05) is 28.9 Å². The SMILES string of the molecule is CN(c1cc(NC(=O)O)c(NC(=O)CC(=O)c2cccc(-n3nncc3COC3CCCCO3)c2)cc1Cl)C1CC1. The standard InChI is InChI=1S/C28H31ClN6O6/c1-34(18-8-9-18)24-13-23(32-28(38)39)22(12-21(24)29)31-26(37)14-25(36)17-5-4-6-19(11-17)35-20(15-30-33-35)16-41-27-7-2-3-10-40-27/h4-6,11-13,15,18,27,32H,2-3,7-10,14,16H2,1H3,(H,31,37)(H,38,39). The third-order valence-electron chi connectivity index (χ3n) is 6.99. The molecule has 1 aliphatic carbocycles. The number of nitrogens with one attached hydrogen (secondary N) is 2. The highest BCUT2D eigenvalue weighted by Crippen LogP contribution is 2.39. The lowest BCUT2D eigenvalue weighted by atomic mass is 10.1. The van der Waals surface area contributed by atoms with Gasteiger partial charge in [0.2, 0.25) is 5.91 Å². The number of benzene rings is 2. The van der Waals surface area contributed by atoms with Crippen molar-refractivity contribution in [3.8, 4) is 5.69 Å². The predicted octanol–water partition coefficient (Wildman–Crippen LogP) is 4.86. The molecule has 1 atom stereocenters. The van der Waals surface area contributed by atoms with Gasteiger partial charge in [-0.2, -0.15) is 0 Å². The van der Waals surface area contributed by atoms with E-state index in [1.54, 1.807) is 41.2 Å². The minimum atomic E-state index is -1.29. The molecule has 12 nitrogen and oxygen atoms in total. The van der Waals surface area contributed by atoms with Crippen molar-refractivity contribution in [2.45, 2.75) is 57.5 Å². The second kappa shape index (κ2) is 12.7. The van der Waals surface area contributed by atoms with Gasteiger partial charge in [-0.15, -0.1) is 5.10 Å². The van der Waals surface area contributed by atoms with Gasteiger partial charge in [0.05, 0.1) is 52.7 Å². The van der Waals surface area contributed by atoms with Gasteiger partial charge in [-0.25, -0.2) is 9.48 Å². The molecule has 1 aromatic heterocycles. The highest BCUT2D eigenvalue weighted by Gasteiger charge is 2.28. The molecule has 41 heavy (non-hydrogen) atoms. The summed E-state index contributed by atoms with van der Waals surface area (Å²) >= 11 is 6.47. The topological polar surface area (TPSA) is 148 Å². The summed E-state index contributed by atoms with van der Waals surface area (Å²) in [6.45, 7) is 0.913. The van der Waals surface area contributed by atoms with Gasteiger partial charge in [-0.3, -0.25) is 14.9 Å². The Balaban J connectivity index is 1.26. The van der Waals surface area contributed by atoms with Crippen LogP contribution in [0.25, 0.3) is 5.69 Å². The molecular formula is C28H31ClN6O6. The average molecular weight is 583 g/mol. The number of carboxylic acid groups (broad SMARTS) is 1. The van der Waals surface area contributed by atoms with E-state index < -0.39 is 24.2 Å². The number of hydrogen-bond acceptors (Lipinski definition) is 8. The van der Waals surface area contributed by atoms with Crippen molar-refractivity contribution in [1.29, 1.82) is 0 Å². The van der Waals surface area contributed by atoms with E-state index in [2.05, 4.69) is 20.9 Å². The van der Waals surface area contributed by atoms with Gasteiger partial charge in [-0.05, 0) is 56.4 Å². The summed E-state index contributed by atoms with van der Waals surface area (Å²) in [5.74, 6) is -1.04. The van der Waals surface area contributed by atoms with Crippen molar-refractivity contribution in [3.05, 3.63) is 58.9 Å². The Kier molecular flexibility index (Phi) is 8.81. The zero-order valence-electron chi connectivity index (χ0n) is 22.5. The number of rotatable bonds is 11. The van der Waals surface area contributed by atoms with E-state index >= 15 is 0 Å². The minimum absolute atomic E-state index is 0.158. The second-order valence-electron chi connectivity index (χ2n) is 10.1. The maximum atomic E-state index is 13.0. The molecule has 3 aromatic rings. The molecule has 216 valence electrons. The number of Topliss-reactive ketones (excluding diaryl/α,β-unsaturated/α-hetero) is 1. The summed E-state index contributed by atoms with van der Waals surface area (Å²) in [6.07, 6.45) is 4.51. The van der Waals surface area contributed by atoms with Crippen LogP contribution in [0, 0.1) is 0 Å². The molecule has 2 aliphatic rings. The monoisotopic (exact) mass is 582 g/mol. The van der Waals surface area contributed by atoms with Crippen LogP contribution in [0.15, 0.2) is 42.6 Å². The normalized spacial score (nSPS) is 16.7. The number of nitrogens with zero attached hydrogens (tertiary/aromatic N) is 4. The number of aromatic nitrogens is 3. The first kappa shape index (κ1) is 28.5. The van der Waals surface area contributed by atoms with Gasteiger partial charge in [0.25, 0.3) is 0 Å². The lowest BCUT2D eigenvalue weighted by molar-refractivity contribution is -0.169. The quantitative estimate of drug-likeness (QED) is 0.213. The first-order valence-corrected chi connectivity index (χ1v) is 13.8. The summed E-state index contributed by atoms with van der Waals surface area (Å²) in [5.41, 5.74) is 2.55. The number of carbonyl (C=O) groups excluding carboxylic acids is 2. The number of ether oxygens (including phenoxy) is 2. The molecule has 2 amide bonds. The molecule has 3 N–H and O–H groups in total. The maximum Gasteiger partial charge on any atom is 0.409 e. The Hall–Kier alpha value is -4.00. The van der Waals surface area contributed by atoms with Gasteiger partial charge >= 0.3 is 6.09 Å². The number of anilines is 3.